The van der Waals surface area contributed by atoms with Crippen LogP contribution < -0.4 is 0 Å². The van der Waals surface area contributed by atoms with Crippen molar-refractivity contribution in [2.45, 2.75) is 71.5 Å². The Hall–Kier alpha value is -4.69. The van der Waals surface area contributed by atoms with Crippen LogP contribution in [0.25, 0.3) is 22.0 Å². The van der Waals surface area contributed by atoms with Crippen LogP contribution in [-0.2, 0) is 47.1 Å². The number of aryl methyl sites for hydroxylation is 1. The number of nitrogens with zero attached hydrogens (tertiary/aromatic N) is 9. The molecule has 3 atom stereocenters. The van der Waals surface area contributed by atoms with Gasteiger partial charge < -0.3 is 9.64 Å². The van der Waals surface area contributed by atoms with E-state index in [9.17, 15) is 14.4 Å². The summed E-state index contributed by atoms with van der Waals surface area (Å²) in [6.07, 6.45) is 6.70. The van der Waals surface area contributed by atoms with E-state index in [2.05, 4.69) is 46.3 Å². The van der Waals surface area contributed by atoms with Crippen molar-refractivity contribution in [2.24, 2.45) is 5.41 Å². The normalized spacial score (nSPS) is 22.1. The minimum atomic E-state index is -0.635. The Labute approximate surface area is 277 Å². The Kier molecular flexibility index (Phi) is 7.10. The molecule has 47 heavy (non-hydrogen) atoms. The smallest absolute Gasteiger partial charge is 0.245 e. The summed E-state index contributed by atoms with van der Waals surface area (Å²) >= 11 is 3.44. The molecule has 8 rings (SSSR count). The van der Waals surface area contributed by atoms with E-state index in [1.165, 1.54) is 6.92 Å². The molecule has 0 radical (unpaired) electrons. The lowest BCUT2D eigenvalue weighted by Gasteiger charge is -2.27. The number of benzene rings is 1. The van der Waals surface area contributed by atoms with Crippen molar-refractivity contribution in [2.75, 3.05) is 0 Å². The third kappa shape index (κ3) is 5.34. The summed E-state index contributed by atoms with van der Waals surface area (Å²) in [6.45, 7) is 4.26. The third-order valence-corrected chi connectivity index (χ3v) is 9.95. The lowest BCUT2D eigenvalue weighted by molar-refractivity contribution is -0.139. The number of fused-ring (bicyclic) bond motifs is 5. The number of hydrogen-bond acceptors (Lipinski definition) is 10. The quantitative estimate of drug-likeness (QED) is 0.201. The second-order valence-corrected chi connectivity index (χ2v) is 13.5. The van der Waals surface area contributed by atoms with Crippen LogP contribution in [0.15, 0.2) is 53.5 Å². The number of Topliss-reactive ketones (excluding diaryl/α,β-unsaturated/α-hetero) is 2. The van der Waals surface area contributed by atoms with Crippen LogP contribution in [-0.4, -0.2) is 74.2 Å². The van der Waals surface area contributed by atoms with Crippen molar-refractivity contribution in [3.05, 3.63) is 82.0 Å². The fourth-order valence-corrected chi connectivity index (χ4v) is 7.47. The first-order valence-electron chi connectivity index (χ1n) is 15.4. The Morgan fingerprint density at radius 1 is 1.09 bits per heavy atom. The molecule has 4 aromatic heterocycles. The molecular formula is C33H30BrN9O4. The molecule has 14 heteroatoms. The molecule has 1 spiro atoms. The summed E-state index contributed by atoms with van der Waals surface area (Å²) in [4.78, 5) is 56.0. The first-order valence-corrected chi connectivity index (χ1v) is 16.2. The summed E-state index contributed by atoms with van der Waals surface area (Å²) in [7, 11) is 0. The predicted octanol–water partition coefficient (Wildman–Crippen LogP) is 3.66. The summed E-state index contributed by atoms with van der Waals surface area (Å²) in [5.41, 5.74) is 4.42. The van der Waals surface area contributed by atoms with Gasteiger partial charge in [0.1, 0.15) is 28.4 Å². The van der Waals surface area contributed by atoms with E-state index < -0.39 is 6.04 Å². The number of pyridine rings is 1. The van der Waals surface area contributed by atoms with Gasteiger partial charge in [-0.3, -0.25) is 23.7 Å². The molecule has 1 saturated carbocycles. The number of rotatable bonds is 4. The van der Waals surface area contributed by atoms with Gasteiger partial charge in [0.05, 0.1) is 49.6 Å². The van der Waals surface area contributed by atoms with Gasteiger partial charge in [-0.05, 0) is 65.0 Å². The Morgan fingerprint density at radius 3 is 2.72 bits per heavy atom. The number of amides is 1. The number of carbonyl (C=O) groups excluding carboxylic acids is 3. The maximum absolute atomic E-state index is 14.3. The number of halogens is 1. The SMILES string of the molecule is CC(=O)c1nn(CC(=O)N2[C@H]3C[C@]4(C[C@@H]24)Cn2cc(nn2)COCc2ccc(Br)nc2CC3=O)c2ccc(-c3cnc(C)nc3)cc12. The monoisotopic (exact) mass is 695 g/mol. The highest BCUT2D eigenvalue weighted by atomic mass is 79.9. The number of aromatic nitrogens is 8. The molecule has 6 heterocycles. The molecule has 1 aliphatic carbocycles. The van der Waals surface area contributed by atoms with E-state index in [4.69, 9.17) is 4.74 Å². The van der Waals surface area contributed by atoms with E-state index in [-0.39, 0.29) is 60.8 Å². The van der Waals surface area contributed by atoms with Crippen LogP contribution in [0.5, 0.6) is 0 Å². The van der Waals surface area contributed by atoms with E-state index in [0.717, 1.165) is 23.1 Å². The molecule has 2 fully saturated rings. The number of likely N-dealkylation sites (tertiary alicyclic amines) is 1. The Balaban J connectivity index is 1.13. The lowest BCUT2D eigenvalue weighted by atomic mass is 9.94. The second-order valence-electron chi connectivity index (χ2n) is 12.7. The van der Waals surface area contributed by atoms with Crippen LogP contribution in [0.4, 0.5) is 0 Å². The summed E-state index contributed by atoms with van der Waals surface area (Å²) in [5.74, 6) is 0.154. The van der Waals surface area contributed by atoms with Crippen molar-refractivity contribution in [3.63, 3.8) is 0 Å². The summed E-state index contributed by atoms with van der Waals surface area (Å²) < 4.78 is 9.90. The van der Waals surface area contributed by atoms with E-state index >= 15 is 0 Å². The van der Waals surface area contributed by atoms with E-state index in [1.807, 2.05) is 43.5 Å². The van der Waals surface area contributed by atoms with Crippen molar-refractivity contribution in [1.29, 1.82) is 0 Å². The van der Waals surface area contributed by atoms with Gasteiger partial charge in [-0.1, -0.05) is 17.3 Å². The summed E-state index contributed by atoms with van der Waals surface area (Å²) in [6, 6.07) is 8.60. The average molecular weight is 697 g/mol. The van der Waals surface area contributed by atoms with Gasteiger partial charge in [-0.25, -0.2) is 15.0 Å². The van der Waals surface area contributed by atoms with Gasteiger partial charge in [-0.15, -0.1) is 5.10 Å². The van der Waals surface area contributed by atoms with Crippen molar-refractivity contribution < 1.29 is 19.1 Å². The third-order valence-electron chi connectivity index (χ3n) is 9.51. The molecule has 1 saturated heterocycles. The maximum atomic E-state index is 14.3. The van der Waals surface area contributed by atoms with Gasteiger partial charge in [-0.2, -0.15) is 5.10 Å². The minimum absolute atomic E-state index is 0.0707. The molecule has 2 aliphatic heterocycles. The first kappa shape index (κ1) is 29.7. The average Bonchev–Trinajstić information content (AvgIpc) is 3.32. The number of carbonyl (C=O) groups is 3. The highest BCUT2D eigenvalue weighted by molar-refractivity contribution is 9.10. The minimum Gasteiger partial charge on any atom is -0.370 e. The molecule has 13 nitrogen and oxygen atoms in total. The Morgan fingerprint density at radius 2 is 1.91 bits per heavy atom. The predicted molar refractivity (Wildman–Crippen MR) is 171 cm³/mol. The van der Waals surface area contributed by atoms with Crippen LogP contribution in [0.3, 0.4) is 0 Å². The fourth-order valence-electron chi connectivity index (χ4n) is 7.12. The largest absolute Gasteiger partial charge is 0.370 e. The van der Waals surface area contributed by atoms with Crippen molar-refractivity contribution >= 4 is 44.3 Å². The molecule has 0 unspecified atom stereocenters. The molecular weight excluding hydrogens is 666 g/mol. The number of piperidine rings is 1. The molecule has 1 amide bonds. The van der Waals surface area contributed by atoms with Crippen molar-refractivity contribution in [3.8, 4) is 11.1 Å². The molecule has 0 N–H and O–H groups in total. The van der Waals surface area contributed by atoms with Gasteiger partial charge in [0.15, 0.2) is 11.6 Å². The number of ketones is 2. The summed E-state index contributed by atoms with van der Waals surface area (Å²) in [5, 5.41) is 13.8. The maximum Gasteiger partial charge on any atom is 0.245 e. The van der Waals surface area contributed by atoms with Crippen LogP contribution in [0, 0.1) is 12.3 Å². The molecule has 5 aromatic rings. The van der Waals surface area contributed by atoms with Gasteiger partial charge in [0.25, 0.3) is 0 Å². The molecule has 3 aliphatic rings. The highest BCUT2D eigenvalue weighted by Crippen LogP contribution is 2.60. The molecule has 1 aromatic carbocycles. The first-order chi connectivity index (χ1) is 22.7. The standard InChI is InChI=1S/C33H30BrN9O4/c1-18(44)32-24-7-20(22-11-35-19(2)36-12-22)3-5-26(24)42(39-32)14-31(46)43-27-9-33(10-29(33)43)17-41-13-23(38-40-41)16-47-15-21-4-6-30(34)37-25(21)8-28(27)45/h3-7,11-13,27,29H,8-10,14-17H2,1-2H3/t27-,29+,33-/m0/s1. The molecule has 4 bridgehead atoms. The van der Waals surface area contributed by atoms with E-state index in [0.29, 0.717) is 45.7 Å². The van der Waals surface area contributed by atoms with Crippen LogP contribution in [0.2, 0.25) is 0 Å². The van der Waals surface area contributed by atoms with Crippen LogP contribution in [0.1, 0.15) is 53.0 Å². The lowest BCUT2D eigenvalue weighted by Crippen LogP contribution is -2.45. The topological polar surface area (TPSA) is 151 Å². The second kappa shape index (κ2) is 11.2. The molecule has 238 valence electrons. The highest BCUT2D eigenvalue weighted by Gasteiger charge is 2.67. The zero-order valence-electron chi connectivity index (χ0n) is 25.8. The van der Waals surface area contributed by atoms with Gasteiger partial charge in [0, 0.05) is 41.7 Å². The Bertz CT molecular complexity index is 2090. The number of ether oxygens (including phenoxy) is 1. The van der Waals surface area contributed by atoms with E-state index in [1.54, 1.807) is 26.7 Å². The van der Waals surface area contributed by atoms with Crippen molar-refractivity contribution in [1.82, 2.24) is 44.6 Å². The van der Waals surface area contributed by atoms with Crippen LogP contribution >= 0.6 is 15.9 Å². The zero-order chi connectivity index (χ0) is 32.4. The van der Waals surface area contributed by atoms with Gasteiger partial charge in [0.2, 0.25) is 5.91 Å². The number of hydrogen-bond donors (Lipinski definition) is 0. The fraction of sp³-hybridized carbons (Fsp3) is 0.364. The zero-order valence-corrected chi connectivity index (χ0v) is 27.3. The van der Waals surface area contributed by atoms with Gasteiger partial charge >= 0.3 is 0 Å².